The smallest absolute Gasteiger partial charge is 0.138 e. The van der Waals surface area contributed by atoms with Crippen molar-refractivity contribution in [3.8, 4) is 16.9 Å². The maximum atomic E-state index is 15.2. The van der Waals surface area contributed by atoms with Crippen LogP contribution < -0.4 is 10.5 Å². The van der Waals surface area contributed by atoms with Gasteiger partial charge in [0.05, 0.1) is 12.7 Å². The zero-order valence-corrected chi connectivity index (χ0v) is 14.7. The molecule has 0 saturated carbocycles. The van der Waals surface area contributed by atoms with Gasteiger partial charge >= 0.3 is 0 Å². The fourth-order valence-corrected chi connectivity index (χ4v) is 3.02. The number of hydrogen-bond acceptors (Lipinski definition) is 2. The highest BCUT2D eigenvalue weighted by Crippen LogP contribution is 2.36. The van der Waals surface area contributed by atoms with Crippen LogP contribution in [0.1, 0.15) is 16.7 Å². The minimum absolute atomic E-state index is 0.287. The monoisotopic (exact) mass is 355 g/mol. The Morgan fingerprint density at radius 2 is 1.72 bits per heavy atom. The molecule has 3 rings (SSSR count). The second kappa shape index (κ2) is 7.68. The lowest BCUT2D eigenvalue weighted by Crippen LogP contribution is -2.00. The summed E-state index contributed by atoms with van der Waals surface area (Å²) < 4.78 is 20.6. The predicted octanol–water partition coefficient (Wildman–Crippen LogP) is 5.20. The Morgan fingerprint density at radius 3 is 2.36 bits per heavy atom. The van der Waals surface area contributed by atoms with E-state index in [1.165, 1.54) is 7.11 Å². The van der Waals surface area contributed by atoms with E-state index in [1.807, 2.05) is 30.3 Å². The normalized spacial score (nSPS) is 10.7. The van der Waals surface area contributed by atoms with Crippen LogP contribution in [0, 0.1) is 5.82 Å². The summed E-state index contributed by atoms with van der Waals surface area (Å²) in [6, 6.07) is 18.6. The molecular formula is C21H19ClFNO. The Kier molecular flexibility index (Phi) is 5.37. The first-order valence-corrected chi connectivity index (χ1v) is 8.39. The largest absolute Gasteiger partial charge is 0.496 e. The van der Waals surface area contributed by atoms with Crippen molar-refractivity contribution in [1.82, 2.24) is 0 Å². The minimum Gasteiger partial charge on any atom is -0.496 e. The zero-order valence-electron chi connectivity index (χ0n) is 13.9. The van der Waals surface area contributed by atoms with Gasteiger partial charge in [0.25, 0.3) is 0 Å². The summed E-state index contributed by atoms with van der Waals surface area (Å²) in [5.41, 5.74) is 9.44. The molecule has 0 aromatic heterocycles. The van der Waals surface area contributed by atoms with Crippen LogP contribution in [0.2, 0.25) is 5.02 Å². The van der Waals surface area contributed by atoms with E-state index < -0.39 is 0 Å². The summed E-state index contributed by atoms with van der Waals surface area (Å²) in [5.74, 6) is 0.200. The van der Waals surface area contributed by atoms with Crippen LogP contribution in [0.25, 0.3) is 11.1 Å². The molecule has 0 aliphatic heterocycles. The van der Waals surface area contributed by atoms with Crippen molar-refractivity contribution in [2.24, 2.45) is 5.73 Å². The van der Waals surface area contributed by atoms with Crippen molar-refractivity contribution < 1.29 is 9.13 Å². The van der Waals surface area contributed by atoms with E-state index in [-0.39, 0.29) is 5.82 Å². The zero-order chi connectivity index (χ0) is 17.8. The minimum atomic E-state index is -0.287. The van der Waals surface area contributed by atoms with Gasteiger partial charge in [-0.2, -0.15) is 0 Å². The van der Waals surface area contributed by atoms with Gasteiger partial charge in [-0.15, -0.1) is 0 Å². The van der Waals surface area contributed by atoms with Crippen molar-refractivity contribution >= 4 is 11.6 Å². The van der Waals surface area contributed by atoms with Crippen molar-refractivity contribution in [1.29, 1.82) is 0 Å². The molecule has 0 amide bonds. The van der Waals surface area contributed by atoms with Gasteiger partial charge in [-0.3, -0.25) is 0 Å². The van der Waals surface area contributed by atoms with Crippen LogP contribution in [0.3, 0.4) is 0 Å². The molecule has 0 aliphatic carbocycles. The first-order valence-electron chi connectivity index (χ1n) is 8.01. The van der Waals surface area contributed by atoms with Crippen molar-refractivity contribution in [3.63, 3.8) is 0 Å². The Balaban J connectivity index is 2.02. The molecule has 0 aliphatic rings. The third-order valence-electron chi connectivity index (χ3n) is 4.17. The number of methoxy groups -OCH3 is 1. The number of benzene rings is 3. The van der Waals surface area contributed by atoms with Crippen LogP contribution in [-0.2, 0) is 13.0 Å². The molecule has 0 unspecified atom stereocenters. The molecule has 4 heteroatoms. The number of nitrogens with two attached hydrogens (primary N) is 1. The fourth-order valence-electron chi connectivity index (χ4n) is 2.83. The predicted molar refractivity (Wildman–Crippen MR) is 101 cm³/mol. The molecule has 0 atom stereocenters. The summed E-state index contributed by atoms with van der Waals surface area (Å²) in [6.45, 7) is 0.496. The van der Waals surface area contributed by atoms with Crippen molar-refractivity contribution in [2.45, 2.75) is 13.0 Å². The lowest BCUT2D eigenvalue weighted by Gasteiger charge is -2.14. The summed E-state index contributed by atoms with van der Waals surface area (Å²) in [5, 5.41) is 0.557. The highest BCUT2D eigenvalue weighted by Gasteiger charge is 2.16. The molecule has 3 aromatic carbocycles. The molecule has 128 valence electrons. The van der Waals surface area contributed by atoms with E-state index in [9.17, 15) is 0 Å². The van der Waals surface area contributed by atoms with E-state index >= 15 is 4.39 Å². The molecule has 0 spiro atoms. The molecule has 3 aromatic rings. The number of ether oxygens (including phenoxy) is 1. The van der Waals surface area contributed by atoms with Crippen molar-refractivity contribution in [3.05, 3.63) is 88.2 Å². The van der Waals surface area contributed by atoms with Gasteiger partial charge in [0.15, 0.2) is 0 Å². The van der Waals surface area contributed by atoms with Crippen LogP contribution in [0.4, 0.5) is 4.39 Å². The Morgan fingerprint density at radius 1 is 1.00 bits per heavy atom. The third kappa shape index (κ3) is 3.84. The molecule has 0 radical (unpaired) electrons. The summed E-state index contributed by atoms with van der Waals surface area (Å²) >= 11 is 6.07. The standard InChI is InChI=1S/C21H19ClFNO/c1-25-19-10-9-17(11-14-5-7-15(13-24)8-6-14)21(23)20(19)16-3-2-4-18(22)12-16/h2-10,12H,11,13,24H2,1H3. The van der Waals surface area contributed by atoms with Gasteiger partial charge in [-0.25, -0.2) is 4.39 Å². The van der Waals surface area contributed by atoms with E-state index in [0.717, 1.165) is 11.1 Å². The van der Waals surface area contributed by atoms with E-state index in [1.54, 1.807) is 30.3 Å². The third-order valence-corrected chi connectivity index (χ3v) is 4.41. The SMILES string of the molecule is COc1ccc(Cc2ccc(CN)cc2)c(F)c1-c1cccc(Cl)c1. The highest BCUT2D eigenvalue weighted by atomic mass is 35.5. The van der Waals surface area contributed by atoms with Crippen LogP contribution in [0.5, 0.6) is 5.75 Å². The van der Waals surface area contributed by atoms with Gasteiger partial charge in [0, 0.05) is 18.0 Å². The second-order valence-corrected chi connectivity index (χ2v) is 6.26. The van der Waals surface area contributed by atoms with Gasteiger partial charge in [0.1, 0.15) is 11.6 Å². The topological polar surface area (TPSA) is 35.2 Å². The van der Waals surface area contributed by atoms with Gasteiger partial charge in [0.2, 0.25) is 0 Å². The van der Waals surface area contributed by atoms with E-state index in [0.29, 0.717) is 40.4 Å². The molecule has 0 heterocycles. The molecule has 2 nitrogen and oxygen atoms in total. The number of halogens is 2. The molecule has 0 bridgehead atoms. The Hall–Kier alpha value is -2.36. The van der Waals surface area contributed by atoms with Gasteiger partial charge in [-0.1, -0.05) is 54.1 Å². The summed E-state index contributed by atoms with van der Waals surface area (Å²) in [4.78, 5) is 0. The molecular weight excluding hydrogens is 337 g/mol. The molecule has 25 heavy (non-hydrogen) atoms. The van der Waals surface area contributed by atoms with Crippen LogP contribution >= 0.6 is 11.6 Å². The number of hydrogen-bond donors (Lipinski definition) is 1. The molecule has 2 N–H and O–H groups in total. The maximum Gasteiger partial charge on any atom is 0.138 e. The number of rotatable bonds is 5. The Labute approximate surface area is 152 Å². The van der Waals surface area contributed by atoms with Gasteiger partial charge in [-0.05, 0) is 40.5 Å². The Bertz CT molecular complexity index is 878. The second-order valence-electron chi connectivity index (χ2n) is 5.82. The highest BCUT2D eigenvalue weighted by molar-refractivity contribution is 6.30. The first kappa shape index (κ1) is 17.5. The fraction of sp³-hybridized carbons (Fsp3) is 0.143. The quantitative estimate of drug-likeness (QED) is 0.682. The average molecular weight is 356 g/mol. The van der Waals surface area contributed by atoms with Crippen LogP contribution in [0.15, 0.2) is 60.7 Å². The molecule has 0 fully saturated rings. The first-order chi connectivity index (χ1) is 12.1. The van der Waals surface area contributed by atoms with Gasteiger partial charge < -0.3 is 10.5 Å². The lowest BCUT2D eigenvalue weighted by molar-refractivity contribution is 0.413. The van der Waals surface area contributed by atoms with E-state index in [4.69, 9.17) is 22.1 Å². The summed E-state index contributed by atoms with van der Waals surface area (Å²) in [7, 11) is 1.54. The lowest BCUT2D eigenvalue weighted by atomic mass is 9.97. The maximum absolute atomic E-state index is 15.2. The summed E-state index contributed by atoms with van der Waals surface area (Å²) in [6.07, 6.45) is 0.494. The van der Waals surface area contributed by atoms with Crippen LogP contribution in [-0.4, -0.2) is 7.11 Å². The van der Waals surface area contributed by atoms with Crippen molar-refractivity contribution in [2.75, 3.05) is 7.11 Å². The average Bonchev–Trinajstić information content (AvgIpc) is 2.63. The molecule has 0 saturated heterocycles. The van der Waals surface area contributed by atoms with E-state index in [2.05, 4.69) is 0 Å².